The van der Waals surface area contributed by atoms with Crippen LogP contribution >= 0.6 is 11.6 Å². The molecule has 0 bridgehead atoms. The normalized spacial score (nSPS) is 12.9. The van der Waals surface area contributed by atoms with Gasteiger partial charge in [0.15, 0.2) is 0 Å². The van der Waals surface area contributed by atoms with Gasteiger partial charge in [-0.1, -0.05) is 13.8 Å². The molecule has 1 N–H and O–H groups in total. The van der Waals surface area contributed by atoms with Crippen molar-refractivity contribution in [3.63, 3.8) is 0 Å². The summed E-state index contributed by atoms with van der Waals surface area (Å²) < 4.78 is 0. The first kappa shape index (κ1) is 11.2. The molecule has 1 heterocycles. The number of halogens is 1. The number of aryl methyl sites for hydroxylation is 1. The Morgan fingerprint density at radius 2 is 2.07 bits per heavy atom. The standard InChI is InChI=1S/C10H16ClN3/c1-7(2)9(6-11)12-10-5-4-8(3)13-14-10/h4-5,7,9H,6H2,1-3H3,(H,12,14). The second-order valence-corrected chi connectivity index (χ2v) is 4.02. The van der Waals surface area contributed by atoms with Crippen molar-refractivity contribution in [3.05, 3.63) is 17.8 Å². The SMILES string of the molecule is Cc1ccc(NC(CCl)C(C)C)nn1. The fourth-order valence-corrected chi connectivity index (χ4v) is 1.48. The molecule has 1 aromatic heterocycles. The lowest BCUT2D eigenvalue weighted by molar-refractivity contribution is 0.561. The predicted molar refractivity (Wildman–Crippen MR) is 59.7 cm³/mol. The maximum absolute atomic E-state index is 5.83. The van der Waals surface area contributed by atoms with Crippen LogP contribution in [0.25, 0.3) is 0 Å². The van der Waals surface area contributed by atoms with Gasteiger partial charge in [-0.2, -0.15) is 5.10 Å². The lowest BCUT2D eigenvalue weighted by Gasteiger charge is -2.19. The van der Waals surface area contributed by atoms with Gasteiger partial charge in [0.1, 0.15) is 5.82 Å². The third-order valence-electron chi connectivity index (χ3n) is 2.10. The van der Waals surface area contributed by atoms with Gasteiger partial charge >= 0.3 is 0 Å². The molecule has 0 radical (unpaired) electrons. The summed E-state index contributed by atoms with van der Waals surface area (Å²) in [5, 5.41) is 11.2. The number of nitrogens with zero attached hydrogens (tertiary/aromatic N) is 2. The molecular formula is C10H16ClN3. The fourth-order valence-electron chi connectivity index (χ4n) is 1.05. The second kappa shape index (κ2) is 5.15. The van der Waals surface area contributed by atoms with Gasteiger partial charge in [-0.15, -0.1) is 16.7 Å². The topological polar surface area (TPSA) is 37.8 Å². The molecule has 1 aromatic rings. The Morgan fingerprint density at radius 3 is 2.50 bits per heavy atom. The van der Waals surface area contributed by atoms with E-state index in [1.807, 2.05) is 19.1 Å². The summed E-state index contributed by atoms with van der Waals surface area (Å²) >= 11 is 5.83. The number of aromatic nitrogens is 2. The Hall–Kier alpha value is -0.830. The van der Waals surface area contributed by atoms with E-state index in [1.165, 1.54) is 0 Å². The number of hydrogen-bond acceptors (Lipinski definition) is 3. The Bertz CT molecular complexity index is 271. The number of alkyl halides is 1. The van der Waals surface area contributed by atoms with Crippen LogP contribution in [-0.2, 0) is 0 Å². The summed E-state index contributed by atoms with van der Waals surface area (Å²) in [6, 6.07) is 4.10. The van der Waals surface area contributed by atoms with Crippen LogP contribution in [0.15, 0.2) is 12.1 Å². The van der Waals surface area contributed by atoms with Crippen molar-refractivity contribution in [1.29, 1.82) is 0 Å². The van der Waals surface area contributed by atoms with Crippen molar-refractivity contribution in [3.8, 4) is 0 Å². The molecule has 0 aliphatic rings. The van der Waals surface area contributed by atoms with Gasteiger partial charge in [0, 0.05) is 11.9 Å². The van der Waals surface area contributed by atoms with Crippen LogP contribution < -0.4 is 5.32 Å². The Labute approximate surface area is 89.9 Å². The van der Waals surface area contributed by atoms with Crippen LogP contribution in [0.5, 0.6) is 0 Å². The maximum atomic E-state index is 5.83. The molecule has 0 saturated heterocycles. The zero-order valence-corrected chi connectivity index (χ0v) is 9.54. The number of rotatable bonds is 4. The third-order valence-corrected chi connectivity index (χ3v) is 2.43. The number of hydrogen-bond donors (Lipinski definition) is 1. The molecule has 0 aliphatic carbocycles. The van der Waals surface area contributed by atoms with Crippen LogP contribution in [0.3, 0.4) is 0 Å². The lowest BCUT2D eigenvalue weighted by Crippen LogP contribution is -2.27. The van der Waals surface area contributed by atoms with Gasteiger partial charge in [0.2, 0.25) is 0 Å². The third kappa shape index (κ3) is 3.14. The molecular weight excluding hydrogens is 198 g/mol. The highest BCUT2D eigenvalue weighted by molar-refractivity contribution is 6.18. The molecule has 0 spiro atoms. The van der Waals surface area contributed by atoms with Gasteiger partial charge in [-0.3, -0.25) is 0 Å². The van der Waals surface area contributed by atoms with E-state index in [1.54, 1.807) is 0 Å². The highest BCUT2D eigenvalue weighted by atomic mass is 35.5. The molecule has 78 valence electrons. The Kier molecular flexibility index (Phi) is 4.14. The average Bonchev–Trinajstić information content (AvgIpc) is 2.16. The van der Waals surface area contributed by atoms with E-state index < -0.39 is 0 Å². The summed E-state index contributed by atoms with van der Waals surface area (Å²) in [5.41, 5.74) is 0.919. The number of anilines is 1. The average molecular weight is 214 g/mol. The summed E-state index contributed by atoms with van der Waals surface area (Å²) in [6.45, 7) is 6.17. The quantitative estimate of drug-likeness (QED) is 0.781. The summed E-state index contributed by atoms with van der Waals surface area (Å²) in [7, 11) is 0. The van der Waals surface area contributed by atoms with Crippen molar-refractivity contribution in [2.24, 2.45) is 5.92 Å². The minimum absolute atomic E-state index is 0.244. The van der Waals surface area contributed by atoms with Crippen LogP contribution in [0, 0.1) is 12.8 Å². The van der Waals surface area contributed by atoms with Crippen molar-refractivity contribution in [1.82, 2.24) is 10.2 Å². The van der Waals surface area contributed by atoms with Gasteiger partial charge in [-0.25, -0.2) is 0 Å². The Balaban J connectivity index is 2.63. The van der Waals surface area contributed by atoms with Crippen LogP contribution in [0.1, 0.15) is 19.5 Å². The first-order valence-corrected chi connectivity index (χ1v) is 5.29. The summed E-state index contributed by atoms with van der Waals surface area (Å²) in [4.78, 5) is 0. The largest absolute Gasteiger partial charge is 0.364 e. The second-order valence-electron chi connectivity index (χ2n) is 3.71. The fraction of sp³-hybridized carbons (Fsp3) is 0.600. The molecule has 0 aromatic carbocycles. The molecule has 0 fully saturated rings. The van der Waals surface area contributed by atoms with Crippen LogP contribution in [-0.4, -0.2) is 22.1 Å². The monoisotopic (exact) mass is 213 g/mol. The van der Waals surface area contributed by atoms with E-state index in [2.05, 4.69) is 29.4 Å². The molecule has 14 heavy (non-hydrogen) atoms. The van der Waals surface area contributed by atoms with E-state index in [-0.39, 0.29) is 6.04 Å². The molecule has 3 nitrogen and oxygen atoms in total. The molecule has 0 amide bonds. The van der Waals surface area contributed by atoms with Crippen molar-refractivity contribution in [2.45, 2.75) is 26.8 Å². The van der Waals surface area contributed by atoms with Gasteiger partial charge in [0.05, 0.1) is 5.69 Å². The van der Waals surface area contributed by atoms with E-state index >= 15 is 0 Å². The first-order chi connectivity index (χ1) is 6.63. The summed E-state index contributed by atoms with van der Waals surface area (Å²) in [5.74, 6) is 1.85. The Morgan fingerprint density at radius 1 is 1.36 bits per heavy atom. The van der Waals surface area contributed by atoms with Crippen LogP contribution in [0.4, 0.5) is 5.82 Å². The predicted octanol–water partition coefficient (Wildman–Crippen LogP) is 2.46. The highest BCUT2D eigenvalue weighted by Crippen LogP contribution is 2.10. The van der Waals surface area contributed by atoms with Crippen molar-refractivity contribution in [2.75, 3.05) is 11.2 Å². The number of nitrogens with one attached hydrogen (secondary N) is 1. The molecule has 4 heteroatoms. The minimum Gasteiger partial charge on any atom is -0.364 e. The van der Waals surface area contributed by atoms with Crippen molar-refractivity contribution < 1.29 is 0 Å². The van der Waals surface area contributed by atoms with Gasteiger partial charge < -0.3 is 5.32 Å². The first-order valence-electron chi connectivity index (χ1n) is 4.76. The summed E-state index contributed by atoms with van der Waals surface area (Å²) in [6.07, 6.45) is 0. The van der Waals surface area contributed by atoms with E-state index in [9.17, 15) is 0 Å². The zero-order valence-electron chi connectivity index (χ0n) is 8.79. The van der Waals surface area contributed by atoms with Gasteiger partial charge in [-0.05, 0) is 25.0 Å². The van der Waals surface area contributed by atoms with E-state index in [4.69, 9.17) is 11.6 Å². The molecule has 0 saturated carbocycles. The molecule has 1 atom stereocenters. The zero-order chi connectivity index (χ0) is 10.6. The lowest BCUT2D eigenvalue weighted by atomic mass is 10.1. The van der Waals surface area contributed by atoms with E-state index in [0.717, 1.165) is 11.5 Å². The smallest absolute Gasteiger partial charge is 0.148 e. The maximum Gasteiger partial charge on any atom is 0.148 e. The van der Waals surface area contributed by atoms with Gasteiger partial charge in [0.25, 0.3) is 0 Å². The van der Waals surface area contributed by atoms with Crippen molar-refractivity contribution >= 4 is 17.4 Å². The molecule has 1 unspecified atom stereocenters. The highest BCUT2D eigenvalue weighted by Gasteiger charge is 2.11. The van der Waals surface area contributed by atoms with Crippen LogP contribution in [0.2, 0.25) is 0 Å². The minimum atomic E-state index is 0.244. The molecule has 1 rings (SSSR count). The van der Waals surface area contributed by atoms with E-state index in [0.29, 0.717) is 11.8 Å². The molecule has 0 aliphatic heterocycles.